The minimum absolute atomic E-state index is 0.279. The second kappa shape index (κ2) is 5.99. The largest absolute Gasteiger partial charge is 0.282 e. The first-order chi connectivity index (χ1) is 10.5. The molecule has 7 nitrogen and oxygen atoms in total. The molecule has 0 amide bonds. The van der Waals surface area contributed by atoms with Crippen molar-refractivity contribution in [2.75, 3.05) is 20.6 Å². The summed E-state index contributed by atoms with van der Waals surface area (Å²) in [4.78, 5) is 13.8. The number of hydrogen-bond donors (Lipinski definition) is 0. The topological polar surface area (TPSA) is 79.3 Å². The summed E-state index contributed by atoms with van der Waals surface area (Å²) in [6, 6.07) is -0.279. The second-order valence-corrected chi connectivity index (χ2v) is 8.20. The first-order valence-corrected chi connectivity index (χ1v) is 9.18. The van der Waals surface area contributed by atoms with Crippen molar-refractivity contribution in [2.24, 2.45) is 0 Å². The van der Waals surface area contributed by atoms with Crippen molar-refractivity contribution in [3.8, 4) is 10.6 Å². The minimum atomic E-state index is -3.47. The lowest BCUT2D eigenvalue weighted by Crippen LogP contribution is -2.39. The number of thiazole rings is 1. The van der Waals surface area contributed by atoms with E-state index in [-0.39, 0.29) is 6.04 Å². The van der Waals surface area contributed by atoms with Gasteiger partial charge < -0.3 is 0 Å². The van der Waals surface area contributed by atoms with Crippen LogP contribution in [0.2, 0.25) is 0 Å². The van der Waals surface area contributed by atoms with Crippen molar-refractivity contribution in [2.45, 2.75) is 18.9 Å². The SMILES string of the molecule is CN(C)S(=O)(=O)N1CCC[C@H]1c1nccnc1-c1cncs1. The van der Waals surface area contributed by atoms with E-state index in [0.29, 0.717) is 12.2 Å². The standard InChI is InChI=1S/C13H17N5O2S2/c1-17(2)22(19,20)18-7-3-4-10(18)12-13(16-6-5-15-12)11-8-14-9-21-11/h5-6,8-10H,3-4,7H2,1-2H3/t10-/m0/s1. The fraction of sp³-hybridized carbons (Fsp3) is 0.462. The zero-order chi connectivity index (χ0) is 15.7. The van der Waals surface area contributed by atoms with E-state index in [1.807, 2.05) is 0 Å². The lowest BCUT2D eigenvalue weighted by molar-refractivity contribution is 0.358. The molecule has 2 aromatic heterocycles. The first kappa shape index (κ1) is 15.5. The van der Waals surface area contributed by atoms with Gasteiger partial charge in [-0.3, -0.25) is 15.0 Å². The quantitative estimate of drug-likeness (QED) is 0.844. The van der Waals surface area contributed by atoms with Gasteiger partial charge in [0.1, 0.15) is 5.69 Å². The fourth-order valence-corrected chi connectivity index (χ4v) is 4.55. The van der Waals surface area contributed by atoms with E-state index in [1.165, 1.54) is 19.9 Å². The van der Waals surface area contributed by atoms with E-state index in [9.17, 15) is 8.42 Å². The molecule has 0 aromatic carbocycles. The van der Waals surface area contributed by atoms with Crippen LogP contribution in [0.25, 0.3) is 10.6 Å². The molecule has 118 valence electrons. The predicted molar refractivity (Wildman–Crippen MR) is 84.4 cm³/mol. The van der Waals surface area contributed by atoms with Crippen LogP contribution in [0.15, 0.2) is 24.1 Å². The maximum Gasteiger partial charge on any atom is 0.282 e. The van der Waals surface area contributed by atoms with Gasteiger partial charge in [0, 0.05) is 39.2 Å². The van der Waals surface area contributed by atoms with E-state index < -0.39 is 10.2 Å². The highest BCUT2D eigenvalue weighted by molar-refractivity contribution is 7.86. The van der Waals surface area contributed by atoms with Gasteiger partial charge in [0.15, 0.2) is 0 Å². The second-order valence-electron chi connectivity index (χ2n) is 5.21. The van der Waals surface area contributed by atoms with Crippen LogP contribution in [-0.2, 0) is 10.2 Å². The van der Waals surface area contributed by atoms with Crippen LogP contribution in [0.4, 0.5) is 0 Å². The van der Waals surface area contributed by atoms with Crippen molar-refractivity contribution >= 4 is 21.5 Å². The Kier molecular flexibility index (Phi) is 4.22. The zero-order valence-corrected chi connectivity index (χ0v) is 14.0. The number of aromatic nitrogens is 3. The van der Waals surface area contributed by atoms with E-state index in [4.69, 9.17) is 0 Å². The summed E-state index contributed by atoms with van der Waals surface area (Å²) < 4.78 is 27.8. The molecule has 3 rings (SSSR count). The molecule has 1 saturated heterocycles. The highest BCUT2D eigenvalue weighted by Gasteiger charge is 2.38. The third-order valence-corrected chi connectivity index (χ3v) is 6.40. The van der Waals surface area contributed by atoms with Gasteiger partial charge in [-0.1, -0.05) is 0 Å². The molecule has 0 N–H and O–H groups in total. The lowest BCUT2D eigenvalue weighted by atomic mass is 10.1. The Labute approximate surface area is 133 Å². The van der Waals surface area contributed by atoms with Crippen molar-refractivity contribution < 1.29 is 8.42 Å². The van der Waals surface area contributed by atoms with Crippen molar-refractivity contribution in [1.82, 2.24) is 23.6 Å². The molecule has 9 heteroatoms. The normalized spacial score (nSPS) is 19.9. The van der Waals surface area contributed by atoms with Crippen LogP contribution >= 0.6 is 11.3 Å². The van der Waals surface area contributed by atoms with Crippen LogP contribution in [0.5, 0.6) is 0 Å². The molecular weight excluding hydrogens is 322 g/mol. The average Bonchev–Trinajstić information content (AvgIpc) is 3.18. The van der Waals surface area contributed by atoms with Gasteiger partial charge in [-0.15, -0.1) is 11.3 Å². The summed E-state index contributed by atoms with van der Waals surface area (Å²) in [6.07, 6.45) is 6.53. The van der Waals surface area contributed by atoms with E-state index in [0.717, 1.165) is 23.4 Å². The highest BCUT2D eigenvalue weighted by atomic mass is 32.2. The van der Waals surface area contributed by atoms with Gasteiger partial charge in [-0.05, 0) is 12.8 Å². The van der Waals surface area contributed by atoms with Crippen molar-refractivity contribution in [3.63, 3.8) is 0 Å². The molecule has 0 spiro atoms. The van der Waals surface area contributed by atoms with Gasteiger partial charge >= 0.3 is 0 Å². The Morgan fingerprint density at radius 2 is 2.09 bits per heavy atom. The molecule has 3 heterocycles. The summed E-state index contributed by atoms with van der Waals surface area (Å²) in [7, 11) is -0.379. The fourth-order valence-electron chi connectivity index (χ4n) is 2.61. The Morgan fingerprint density at radius 1 is 1.32 bits per heavy atom. The van der Waals surface area contributed by atoms with Gasteiger partial charge in [-0.2, -0.15) is 17.0 Å². The van der Waals surface area contributed by atoms with Gasteiger partial charge in [0.25, 0.3) is 10.2 Å². The molecule has 0 unspecified atom stereocenters. The van der Waals surface area contributed by atoms with Crippen LogP contribution in [0.1, 0.15) is 24.6 Å². The lowest BCUT2D eigenvalue weighted by Gasteiger charge is -2.27. The molecule has 1 fully saturated rings. The molecule has 1 aliphatic rings. The molecule has 0 saturated carbocycles. The number of rotatable bonds is 4. The summed E-state index contributed by atoms with van der Waals surface area (Å²) in [5.41, 5.74) is 3.15. The molecule has 2 aromatic rings. The van der Waals surface area contributed by atoms with Gasteiger partial charge in [-0.25, -0.2) is 0 Å². The third-order valence-electron chi connectivity index (χ3n) is 3.67. The van der Waals surface area contributed by atoms with Crippen molar-refractivity contribution in [1.29, 1.82) is 0 Å². The van der Waals surface area contributed by atoms with Crippen LogP contribution in [0, 0.1) is 0 Å². The van der Waals surface area contributed by atoms with Crippen LogP contribution in [-0.4, -0.2) is 52.6 Å². The predicted octanol–water partition coefficient (Wildman–Crippen LogP) is 1.54. The molecule has 22 heavy (non-hydrogen) atoms. The van der Waals surface area contributed by atoms with Gasteiger partial charge in [0.05, 0.1) is 22.1 Å². The third kappa shape index (κ3) is 2.65. The summed E-state index contributed by atoms with van der Waals surface area (Å²) in [5, 5.41) is 0. The molecule has 1 atom stereocenters. The van der Waals surface area contributed by atoms with E-state index in [1.54, 1.807) is 38.2 Å². The molecule has 0 radical (unpaired) electrons. The zero-order valence-electron chi connectivity index (χ0n) is 12.4. The molecule has 1 aliphatic heterocycles. The van der Waals surface area contributed by atoms with Crippen LogP contribution < -0.4 is 0 Å². The van der Waals surface area contributed by atoms with Gasteiger partial charge in [0.2, 0.25) is 0 Å². The maximum absolute atomic E-state index is 12.5. The summed E-state index contributed by atoms with van der Waals surface area (Å²) >= 11 is 1.47. The Bertz CT molecular complexity index is 746. The smallest absolute Gasteiger partial charge is 0.256 e. The average molecular weight is 339 g/mol. The molecular formula is C13H17N5O2S2. The Morgan fingerprint density at radius 3 is 2.77 bits per heavy atom. The number of nitrogens with zero attached hydrogens (tertiary/aromatic N) is 5. The van der Waals surface area contributed by atoms with Crippen molar-refractivity contribution in [3.05, 3.63) is 29.8 Å². The van der Waals surface area contributed by atoms with Crippen LogP contribution in [0.3, 0.4) is 0 Å². The monoisotopic (exact) mass is 339 g/mol. The van der Waals surface area contributed by atoms with E-state index in [2.05, 4.69) is 15.0 Å². The Balaban J connectivity index is 2.05. The first-order valence-electron chi connectivity index (χ1n) is 6.91. The number of hydrogen-bond acceptors (Lipinski definition) is 6. The van der Waals surface area contributed by atoms with E-state index >= 15 is 0 Å². The highest BCUT2D eigenvalue weighted by Crippen LogP contribution is 2.38. The summed E-state index contributed by atoms with van der Waals surface area (Å²) in [5.74, 6) is 0. The summed E-state index contributed by atoms with van der Waals surface area (Å²) in [6.45, 7) is 0.504. The minimum Gasteiger partial charge on any atom is -0.256 e. The molecule has 0 aliphatic carbocycles. The molecule has 0 bridgehead atoms. The Hall–Kier alpha value is -1.42. The maximum atomic E-state index is 12.5.